The third kappa shape index (κ3) is 12.3. The van der Waals surface area contributed by atoms with E-state index in [0.29, 0.717) is 5.75 Å². The van der Waals surface area contributed by atoms with Gasteiger partial charge in [0.15, 0.2) is 6.29 Å². The van der Waals surface area contributed by atoms with Crippen LogP contribution in [0.5, 0.6) is 0 Å². The zero-order chi connectivity index (χ0) is 9.94. The molecule has 0 radical (unpaired) electrons. The van der Waals surface area contributed by atoms with E-state index in [0.717, 1.165) is 5.75 Å². The lowest BCUT2D eigenvalue weighted by Gasteiger charge is -2.03. The smallest absolute Gasteiger partial charge is 0.160 e. The summed E-state index contributed by atoms with van der Waals surface area (Å²) in [6, 6.07) is 0. The quantitative estimate of drug-likeness (QED) is 0.449. The van der Waals surface area contributed by atoms with E-state index in [1.807, 2.05) is 0 Å². The molecule has 0 unspecified atom stereocenters. The zero-order valence-corrected chi connectivity index (χ0v) is 9.35. The summed E-state index contributed by atoms with van der Waals surface area (Å²) in [6.45, 7) is 2.22. The van der Waals surface area contributed by atoms with Crippen LogP contribution in [0.25, 0.3) is 0 Å². The Morgan fingerprint density at radius 2 is 1.62 bits per heavy atom. The van der Waals surface area contributed by atoms with Gasteiger partial charge < -0.3 is 10.2 Å². The van der Waals surface area contributed by atoms with Gasteiger partial charge in [-0.2, -0.15) is 11.8 Å². The van der Waals surface area contributed by atoms with Gasteiger partial charge in [-0.25, -0.2) is 0 Å². The van der Waals surface area contributed by atoms with Gasteiger partial charge in [-0.15, -0.1) is 0 Å². The average molecular weight is 206 g/mol. The average Bonchev–Trinajstić information content (AvgIpc) is 2.09. The Kier molecular flexibility index (Phi) is 10.6. The zero-order valence-electron chi connectivity index (χ0n) is 8.54. The fourth-order valence-electron chi connectivity index (χ4n) is 1.17. The van der Waals surface area contributed by atoms with Crippen molar-refractivity contribution in [1.82, 2.24) is 0 Å². The molecule has 2 nitrogen and oxygen atoms in total. The van der Waals surface area contributed by atoms with E-state index in [4.69, 9.17) is 10.2 Å². The van der Waals surface area contributed by atoms with Crippen LogP contribution < -0.4 is 0 Å². The summed E-state index contributed by atoms with van der Waals surface area (Å²) in [5, 5.41) is 17.1. The summed E-state index contributed by atoms with van der Waals surface area (Å²) >= 11 is 1.63. The van der Waals surface area contributed by atoms with Gasteiger partial charge in [0.05, 0.1) is 0 Å². The van der Waals surface area contributed by atoms with Crippen molar-refractivity contribution in [2.24, 2.45) is 0 Å². The minimum Gasteiger partial charge on any atom is -0.367 e. The predicted molar refractivity (Wildman–Crippen MR) is 58.9 cm³/mol. The standard InChI is InChI=1S/C10H22O2S/c1-2-3-4-5-6-7-8-13-9-10(11)12/h10-12H,2-9H2,1H3. The third-order valence-electron chi connectivity index (χ3n) is 1.91. The fourth-order valence-corrected chi connectivity index (χ4v) is 1.96. The minimum absolute atomic E-state index is 0.453. The van der Waals surface area contributed by atoms with Crippen LogP contribution in [-0.4, -0.2) is 28.0 Å². The van der Waals surface area contributed by atoms with E-state index in [9.17, 15) is 0 Å². The first-order valence-electron chi connectivity index (χ1n) is 5.21. The first-order valence-corrected chi connectivity index (χ1v) is 6.36. The number of aliphatic hydroxyl groups excluding tert-OH is 1. The van der Waals surface area contributed by atoms with E-state index < -0.39 is 6.29 Å². The van der Waals surface area contributed by atoms with E-state index >= 15 is 0 Å². The van der Waals surface area contributed by atoms with Crippen LogP contribution in [0.1, 0.15) is 45.4 Å². The molecule has 0 aliphatic rings. The summed E-state index contributed by atoms with van der Waals surface area (Å²) in [5.41, 5.74) is 0. The van der Waals surface area contributed by atoms with Crippen LogP contribution in [0, 0.1) is 0 Å². The van der Waals surface area contributed by atoms with Gasteiger partial charge >= 0.3 is 0 Å². The lowest BCUT2D eigenvalue weighted by molar-refractivity contribution is -0.0186. The molecule has 2 N–H and O–H groups in total. The Hall–Kier alpha value is 0.270. The van der Waals surface area contributed by atoms with Crippen molar-refractivity contribution in [3.8, 4) is 0 Å². The number of aliphatic hydroxyl groups is 2. The second kappa shape index (κ2) is 10.4. The molecule has 0 rings (SSSR count). The molecule has 0 spiro atoms. The lowest BCUT2D eigenvalue weighted by Crippen LogP contribution is -2.07. The highest BCUT2D eigenvalue weighted by atomic mass is 32.2. The van der Waals surface area contributed by atoms with E-state index in [-0.39, 0.29) is 0 Å². The molecule has 0 fully saturated rings. The SMILES string of the molecule is CCCCCCCCSCC(O)O. The summed E-state index contributed by atoms with van der Waals surface area (Å²) in [6.07, 6.45) is 6.69. The highest BCUT2D eigenvalue weighted by Gasteiger charge is 1.96. The maximum absolute atomic E-state index is 8.56. The molecule has 0 bridgehead atoms. The Morgan fingerprint density at radius 3 is 2.23 bits per heavy atom. The molecule has 0 atom stereocenters. The van der Waals surface area contributed by atoms with Crippen molar-refractivity contribution in [3.05, 3.63) is 0 Å². The van der Waals surface area contributed by atoms with Gasteiger partial charge in [-0.3, -0.25) is 0 Å². The molecule has 0 amide bonds. The molecule has 0 heterocycles. The summed E-state index contributed by atoms with van der Waals surface area (Å²) in [4.78, 5) is 0. The Balaban J connectivity index is 2.84. The number of unbranched alkanes of at least 4 members (excludes halogenated alkanes) is 5. The van der Waals surface area contributed by atoms with Crippen molar-refractivity contribution in [2.45, 2.75) is 51.7 Å². The van der Waals surface area contributed by atoms with E-state index in [1.54, 1.807) is 11.8 Å². The maximum Gasteiger partial charge on any atom is 0.160 e. The first-order chi connectivity index (χ1) is 6.27. The minimum atomic E-state index is -1.13. The van der Waals surface area contributed by atoms with Gasteiger partial charge in [0, 0.05) is 5.75 Å². The van der Waals surface area contributed by atoms with Crippen LogP contribution in [0.2, 0.25) is 0 Å². The van der Waals surface area contributed by atoms with Gasteiger partial charge in [0.2, 0.25) is 0 Å². The van der Waals surface area contributed by atoms with Crippen LogP contribution in [0.4, 0.5) is 0 Å². The lowest BCUT2D eigenvalue weighted by atomic mass is 10.1. The largest absolute Gasteiger partial charge is 0.367 e. The summed E-state index contributed by atoms with van der Waals surface area (Å²) < 4.78 is 0. The van der Waals surface area contributed by atoms with Crippen molar-refractivity contribution in [1.29, 1.82) is 0 Å². The van der Waals surface area contributed by atoms with Gasteiger partial charge in [-0.05, 0) is 12.2 Å². The molecule has 0 aliphatic carbocycles. The molecule has 80 valence electrons. The first kappa shape index (κ1) is 13.3. The Bertz CT molecular complexity index is 96.9. The second-order valence-corrected chi connectivity index (χ2v) is 4.47. The number of thioether (sulfide) groups is 1. The highest BCUT2D eigenvalue weighted by Crippen LogP contribution is 2.09. The molecular weight excluding hydrogens is 184 g/mol. The van der Waals surface area contributed by atoms with Crippen LogP contribution >= 0.6 is 11.8 Å². The second-order valence-electron chi connectivity index (χ2n) is 3.32. The molecule has 13 heavy (non-hydrogen) atoms. The van der Waals surface area contributed by atoms with Crippen molar-refractivity contribution >= 4 is 11.8 Å². The Labute approximate surface area is 85.7 Å². The fraction of sp³-hybridized carbons (Fsp3) is 1.00. The number of rotatable bonds is 9. The normalized spacial score (nSPS) is 11.1. The Morgan fingerprint density at radius 1 is 1.00 bits per heavy atom. The van der Waals surface area contributed by atoms with Gasteiger partial charge in [0.25, 0.3) is 0 Å². The predicted octanol–water partition coefficient (Wildman–Crippen LogP) is 2.39. The van der Waals surface area contributed by atoms with Crippen molar-refractivity contribution < 1.29 is 10.2 Å². The summed E-state index contributed by atoms with van der Waals surface area (Å²) in [5.74, 6) is 1.51. The number of hydrogen-bond donors (Lipinski definition) is 2. The van der Waals surface area contributed by atoms with Gasteiger partial charge in [-0.1, -0.05) is 39.0 Å². The molecule has 0 aromatic heterocycles. The maximum atomic E-state index is 8.56. The van der Waals surface area contributed by atoms with E-state index in [1.165, 1.54) is 38.5 Å². The van der Waals surface area contributed by atoms with Gasteiger partial charge in [0.1, 0.15) is 0 Å². The molecular formula is C10H22O2S. The van der Waals surface area contributed by atoms with Crippen molar-refractivity contribution in [3.63, 3.8) is 0 Å². The molecule has 0 saturated carbocycles. The van der Waals surface area contributed by atoms with Crippen LogP contribution in [-0.2, 0) is 0 Å². The highest BCUT2D eigenvalue weighted by molar-refractivity contribution is 7.99. The van der Waals surface area contributed by atoms with Crippen LogP contribution in [0.15, 0.2) is 0 Å². The molecule has 0 aromatic rings. The monoisotopic (exact) mass is 206 g/mol. The molecule has 0 saturated heterocycles. The van der Waals surface area contributed by atoms with Crippen LogP contribution in [0.3, 0.4) is 0 Å². The number of hydrogen-bond acceptors (Lipinski definition) is 3. The molecule has 3 heteroatoms. The molecule has 0 aromatic carbocycles. The van der Waals surface area contributed by atoms with E-state index in [2.05, 4.69) is 6.92 Å². The topological polar surface area (TPSA) is 40.5 Å². The molecule has 0 aliphatic heterocycles. The van der Waals surface area contributed by atoms with Crippen molar-refractivity contribution in [2.75, 3.05) is 11.5 Å². The third-order valence-corrected chi connectivity index (χ3v) is 3.02. The summed E-state index contributed by atoms with van der Waals surface area (Å²) in [7, 11) is 0.